The maximum Gasteiger partial charge on any atom is 0.416 e. The molecule has 0 aliphatic rings. The van der Waals surface area contributed by atoms with Crippen LogP contribution in [-0.4, -0.2) is 22.4 Å². The number of hydrogen-bond donors (Lipinski definition) is 1. The smallest absolute Gasteiger partial charge is 0.352 e. The standard InChI is InChI=1S/C18H14F3N3OS/c19-18(20,21)14-3-1-12(2-4-14)16(25)23-10-7-15-11-26-17(24-15)13-5-8-22-9-6-13/h1-6,8-9,11H,7,10H2,(H,23,25). The molecular formula is C18H14F3N3OS. The summed E-state index contributed by atoms with van der Waals surface area (Å²) in [5, 5.41) is 5.48. The van der Waals surface area contributed by atoms with Crippen molar-refractivity contribution in [1.82, 2.24) is 15.3 Å². The maximum absolute atomic E-state index is 12.5. The minimum atomic E-state index is -4.41. The molecule has 4 nitrogen and oxygen atoms in total. The summed E-state index contributed by atoms with van der Waals surface area (Å²) in [6.07, 6.45) is -0.485. The summed E-state index contributed by atoms with van der Waals surface area (Å²) in [6.45, 7) is 0.347. The molecule has 3 rings (SSSR count). The second-order valence-electron chi connectivity index (χ2n) is 5.46. The number of alkyl halides is 3. The molecule has 134 valence electrons. The van der Waals surface area contributed by atoms with Crippen molar-refractivity contribution in [3.63, 3.8) is 0 Å². The van der Waals surface area contributed by atoms with Gasteiger partial charge < -0.3 is 5.32 Å². The molecule has 8 heteroatoms. The van der Waals surface area contributed by atoms with Gasteiger partial charge in [0.25, 0.3) is 5.91 Å². The number of benzene rings is 1. The van der Waals surface area contributed by atoms with Crippen LogP contribution in [0.15, 0.2) is 54.2 Å². The second-order valence-corrected chi connectivity index (χ2v) is 6.32. The van der Waals surface area contributed by atoms with Crippen LogP contribution in [0, 0.1) is 0 Å². The molecule has 0 radical (unpaired) electrons. The second kappa shape index (κ2) is 7.65. The molecule has 0 saturated heterocycles. The molecule has 1 N–H and O–H groups in total. The van der Waals surface area contributed by atoms with Crippen molar-refractivity contribution in [1.29, 1.82) is 0 Å². The van der Waals surface area contributed by atoms with Crippen LogP contribution in [0.5, 0.6) is 0 Å². The van der Waals surface area contributed by atoms with Crippen molar-refractivity contribution < 1.29 is 18.0 Å². The van der Waals surface area contributed by atoms with Crippen LogP contribution >= 0.6 is 11.3 Å². The van der Waals surface area contributed by atoms with E-state index < -0.39 is 17.6 Å². The maximum atomic E-state index is 12.5. The summed E-state index contributed by atoms with van der Waals surface area (Å²) < 4.78 is 37.6. The van der Waals surface area contributed by atoms with Crippen molar-refractivity contribution in [2.75, 3.05) is 6.54 Å². The molecule has 0 fully saturated rings. The van der Waals surface area contributed by atoms with Crippen LogP contribution in [0.3, 0.4) is 0 Å². The van der Waals surface area contributed by atoms with E-state index in [4.69, 9.17) is 0 Å². The number of halogens is 3. The highest BCUT2D eigenvalue weighted by molar-refractivity contribution is 7.13. The van der Waals surface area contributed by atoms with Crippen molar-refractivity contribution in [3.05, 3.63) is 71.0 Å². The third-order valence-electron chi connectivity index (χ3n) is 3.62. The molecule has 2 heterocycles. The van der Waals surface area contributed by atoms with Gasteiger partial charge in [0.05, 0.1) is 11.3 Å². The van der Waals surface area contributed by atoms with E-state index in [9.17, 15) is 18.0 Å². The predicted octanol–water partition coefficient (Wildman–Crippen LogP) is 4.20. The van der Waals surface area contributed by atoms with Gasteiger partial charge in [-0.25, -0.2) is 4.98 Å². The van der Waals surface area contributed by atoms with E-state index in [1.165, 1.54) is 23.5 Å². The van der Waals surface area contributed by atoms with Crippen LogP contribution in [0.25, 0.3) is 10.6 Å². The van der Waals surface area contributed by atoms with Gasteiger partial charge >= 0.3 is 6.18 Å². The molecular weight excluding hydrogens is 363 g/mol. The monoisotopic (exact) mass is 377 g/mol. The summed E-state index contributed by atoms with van der Waals surface area (Å²) in [5.74, 6) is -0.414. The topological polar surface area (TPSA) is 54.9 Å². The largest absolute Gasteiger partial charge is 0.416 e. The minimum absolute atomic E-state index is 0.189. The molecule has 3 aromatic rings. The molecule has 0 unspecified atom stereocenters. The van der Waals surface area contributed by atoms with Crippen molar-refractivity contribution in [3.8, 4) is 10.6 Å². The Bertz CT molecular complexity index is 877. The first-order valence-corrected chi connectivity index (χ1v) is 8.62. The Morgan fingerprint density at radius 2 is 1.77 bits per heavy atom. The van der Waals surface area contributed by atoms with Crippen LogP contribution in [-0.2, 0) is 12.6 Å². The number of carbonyl (C=O) groups is 1. The number of thiazole rings is 1. The fourth-order valence-corrected chi connectivity index (χ4v) is 3.13. The van der Waals surface area contributed by atoms with Gasteiger partial charge in [-0.2, -0.15) is 13.2 Å². The van der Waals surface area contributed by atoms with Gasteiger partial charge in [0.1, 0.15) is 5.01 Å². The van der Waals surface area contributed by atoms with Crippen molar-refractivity contribution >= 4 is 17.2 Å². The van der Waals surface area contributed by atoms with E-state index in [1.54, 1.807) is 12.4 Å². The first-order chi connectivity index (χ1) is 12.4. The van der Waals surface area contributed by atoms with E-state index in [0.717, 1.165) is 28.4 Å². The van der Waals surface area contributed by atoms with Gasteiger partial charge in [0.2, 0.25) is 0 Å². The number of pyridine rings is 1. The highest BCUT2D eigenvalue weighted by Gasteiger charge is 2.30. The fourth-order valence-electron chi connectivity index (χ4n) is 2.27. The van der Waals surface area contributed by atoms with E-state index >= 15 is 0 Å². The van der Waals surface area contributed by atoms with Gasteiger partial charge in [-0.05, 0) is 36.4 Å². The molecule has 2 aromatic heterocycles. The minimum Gasteiger partial charge on any atom is -0.352 e. The Hall–Kier alpha value is -2.74. The fraction of sp³-hybridized carbons (Fsp3) is 0.167. The first-order valence-electron chi connectivity index (χ1n) is 7.74. The third-order valence-corrected chi connectivity index (χ3v) is 4.56. The van der Waals surface area contributed by atoms with E-state index in [-0.39, 0.29) is 5.56 Å². The summed E-state index contributed by atoms with van der Waals surface area (Å²) in [5.41, 5.74) is 1.23. The average Bonchev–Trinajstić information content (AvgIpc) is 3.11. The number of rotatable bonds is 5. The number of amides is 1. The van der Waals surface area contributed by atoms with Gasteiger partial charge in [0, 0.05) is 41.9 Å². The van der Waals surface area contributed by atoms with Crippen molar-refractivity contribution in [2.45, 2.75) is 12.6 Å². The number of nitrogens with one attached hydrogen (secondary N) is 1. The summed E-state index contributed by atoms with van der Waals surface area (Å²) in [7, 11) is 0. The molecule has 1 aromatic carbocycles. The highest BCUT2D eigenvalue weighted by atomic mass is 32.1. The van der Waals surface area contributed by atoms with Crippen LogP contribution in [0.1, 0.15) is 21.6 Å². The van der Waals surface area contributed by atoms with Gasteiger partial charge in [-0.3, -0.25) is 9.78 Å². The van der Waals surface area contributed by atoms with Crippen LogP contribution in [0.4, 0.5) is 13.2 Å². The van der Waals surface area contributed by atoms with Crippen molar-refractivity contribution in [2.24, 2.45) is 0 Å². The molecule has 0 spiro atoms. The summed E-state index contributed by atoms with van der Waals surface area (Å²) in [4.78, 5) is 20.5. The normalized spacial score (nSPS) is 11.3. The Labute approximate surface area is 151 Å². The quantitative estimate of drug-likeness (QED) is 0.725. The highest BCUT2D eigenvalue weighted by Crippen LogP contribution is 2.29. The Morgan fingerprint density at radius 1 is 1.08 bits per heavy atom. The number of hydrogen-bond acceptors (Lipinski definition) is 4. The zero-order valence-corrected chi connectivity index (χ0v) is 14.3. The lowest BCUT2D eigenvalue weighted by Gasteiger charge is -2.08. The van der Waals surface area contributed by atoms with Gasteiger partial charge in [-0.15, -0.1) is 11.3 Å². The third kappa shape index (κ3) is 4.45. The predicted molar refractivity (Wildman–Crippen MR) is 92.8 cm³/mol. The first kappa shape index (κ1) is 18.1. The zero-order chi connectivity index (χ0) is 18.6. The Morgan fingerprint density at radius 3 is 2.42 bits per heavy atom. The molecule has 0 bridgehead atoms. The number of nitrogens with zero attached hydrogens (tertiary/aromatic N) is 2. The number of aromatic nitrogens is 2. The SMILES string of the molecule is O=C(NCCc1csc(-c2ccncc2)n1)c1ccc(C(F)(F)F)cc1. The summed E-state index contributed by atoms with van der Waals surface area (Å²) >= 11 is 1.50. The Kier molecular flexibility index (Phi) is 5.32. The molecule has 0 saturated carbocycles. The lowest BCUT2D eigenvalue weighted by Crippen LogP contribution is -2.25. The molecule has 1 amide bonds. The molecule has 0 atom stereocenters. The van der Waals surface area contributed by atoms with Crippen LogP contribution < -0.4 is 5.32 Å². The van der Waals surface area contributed by atoms with Gasteiger partial charge in [-0.1, -0.05) is 0 Å². The van der Waals surface area contributed by atoms with Crippen LogP contribution in [0.2, 0.25) is 0 Å². The lowest BCUT2D eigenvalue weighted by atomic mass is 10.1. The van der Waals surface area contributed by atoms with Gasteiger partial charge in [0.15, 0.2) is 0 Å². The summed E-state index contributed by atoms with van der Waals surface area (Å²) in [6, 6.07) is 7.88. The lowest BCUT2D eigenvalue weighted by molar-refractivity contribution is -0.137. The molecule has 26 heavy (non-hydrogen) atoms. The van der Waals surface area contributed by atoms with E-state index in [1.807, 2.05) is 17.5 Å². The molecule has 0 aliphatic carbocycles. The number of carbonyl (C=O) groups excluding carboxylic acids is 1. The van der Waals surface area contributed by atoms with E-state index in [2.05, 4.69) is 15.3 Å². The zero-order valence-electron chi connectivity index (χ0n) is 13.5. The molecule has 0 aliphatic heterocycles. The average molecular weight is 377 g/mol. The Balaban J connectivity index is 1.53. The van der Waals surface area contributed by atoms with E-state index in [0.29, 0.717) is 13.0 Å².